The van der Waals surface area contributed by atoms with Gasteiger partial charge in [0, 0.05) is 6.42 Å². The molecule has 0 aromatic rings. The van der Waals surface area contributed by atoms with Crippen LogP contribution in [-0.4, -0.2) is 23.7 Å². The van der Waals surface area contributed by atoms with Gasteiger partial charge in [0.05, 0.1) is 0 Å². The van der Waals surface area contributed by atoms with Crippen LogP contribution >= 0.6 is 0 Å². The van der Waals surface area contributed by atoms with Gasteiger partial charge in [-0.1, -0.05) is 0 Å². The van der Waals surface area contributed by atoms with Crippen molar-refractivity contribution in [1.29, 1.82) is 0 Å². The van der Waals surface area contributed by atoms with Crippen molar-refractivity contribution < 1.29 is 44.5 Å². The maximum atomic E-state index is 10.2. The van der Waals surface area contributed by atoms with Crippen LogP contribution in [0.1, 0.15) is 19.3 Å². The van der Waals surface area contributed by atoms with Crippen molar-refractivity contribution in [2.24, 2.45) is 5.73 Å². The average molecular weight is 247 g/mol. The summed E-state index contributed by atoms with van der Waals surface area (Å²) in [7, 11) is -4.94. The van der Waals surface area contributed by atoms with Gasteiger partial charge >= 0.3 is 5.97 Å². The molecule has 0 aromatic heterocycles. The maximum Gasteiger partial charge on any atom is 0.362 e. The molecule has 0 rings (SSSR count). The molecule has 0 heterocycles. The van der Waals surface area contributed by atoms with Crippen molar-refractivity contribution >= 4 is 5.97 Å². The molecule has 0 aromatic carbocycles. The number of hydrogen-bond donors (Lipinski definition) is 3. The molecule has 8 nitrogen and oxygen atoms in total. The van der Waals surface area contributed by atoms with E-state index >= 15 is 0 Å². The number of quaternary nitrogens is 1. The summed E-state index contributed by atoms with van der Waals surface area (Å²) < 4.78 is 34.0. The summed E-state index contributed by atoms with van der Waals surface area (Å²) in [6.07, 6.45) is 2.38. The van der Waals surface area contributed by atoms with Crippen LogP contribution in [-0.2, 0) is 4.79 Å². The lowest BCUT2D eigenvalue weighted by Gasteiger charge is -2.17. The lowest BCUT2D eigenvalue weighted by molar-refractivity contribution is -2.00. The second-order valence-electron chi connectivity index (χ2n) is 2.70. The Kier molecular flexibility index (Phi) is 9.93. The van der Waals surface area contributed by atoms with Crippen LogP contribution in [0.2, 0.25) is 0 Å². The zero-order valence-corrected chi connectivity index (χ0v) is 8.81. The maximum absolute atomic E-state index is 10.2. The largest absolute Gasteiger partial charge is 0.477 e. The van der Waals surface area contributed by atoms with Gasteiger partial charge in [-0.2, -0.15) is 0 Å². The van der Waals surface area contributed by atoms with Crippen LogP contribution in [0.3, 0.4) is 0 Å². The van der Waals surface area contributed by atoms with Crippen molar-refractivity contribution in [2.75, 3.05) is 6.54 Å². The number of aliphatic carboxylic acids is 1. The Labute approximate surface area is 88.8 Å². The van der Waals surface area contributed by atoms with E-state index in [1.165, 1.54) is 0 Å². The molecule has 0 saturated carbocycles. The fourth-order valence-corrected chi connectivity index (χ4v) is 0.659. The van der Waals surface area contributed by atoms with E-state index < -0.39 is 22.3 Å². The van der Waals surface area contributed by atoms with E-state index in [1.807, 2.05) is 0 Å². The Morgan fingerprint density at radius 3 is 2.00 bits per heavy atom. The predicted molar refractivity (Wildman–Crippen MR) is 37.2 cm³/mol. The van der Waals surface area contributed by atoms with Crippen LogP contribution in [0.15, 0.2) is 0 Å². The molecule has 0 radical (unpaired) electrons. The molecule has 0 amide bonds. The molecule has 0 spiro atoms. The molecule has 15 heavy (non-hydrogen) atoms. The number of carboxylic acids is 1. The Bertz CT molecular complexity index is 167. The van der Waals surface area contributed by atoms with Crippen LogP contribution in [0.25, 0.3) is 0 Å². The second-order valence-corrected chi connectivity index (χ2v) is 3.45. The third-order valence-corrected chi connectivity index (χ3v) is 1.36. The minimum atomic E-state index is -4.94. The molecule has 6 N–H and O–H groups in total. The number of nitrogens with two attached hydrogens (primary N) is 1. The molecule has 0 fully saturated rings. The number of hydrogen-bond acceptors (Lipinski definition) is 6. The molecule has 1 atom stereocenters. The van der Waals surface area contributed by atoms with Crippen molar-refractivity contribution in [1.82, 2.24) is 0 Å². The summed E-state index contributed by atoms with van der Waals surface area (Å²) in [5.74, 6) is -0.822. The summed E-state index contributed by atoms with van der Waals surface area (Å²) in [6, 6.07) is -0.466. The first-order valence-corrected chi connectivity index (χ1v) is 5.29. The summed E-state index contributed by atoms with van der Waals surface area (Å²) in [4.78, 5) is 10.2. The summed E-state index contributed by atoms with van der Waals surface area (Å²) >= 11 is 0. The van der Waals surface area contributed by atoms with Gasteiger partial charge in [0.25, 0.3) is 0 Å². The molecular weight excluding hydrogens is 232 g/mol. The second kappa shape index (κ2) is 8.80. The van der Waals surface area contributed by atoms with Crippen molar-refractivity contribution in [3.05, 3.63) is 0 Å². The zero-order valence-electron chi connectivity index (χ0n) is 8.06. The fraction of sp³-hybridized carbons (Fsp3) is 0.833. The van der Waals surface area contributed by atoms with E-state index in [1.54, 1.807) is 0 Å². The predicted octanol–water partition coefficient (Wildman–Crippen LogP) is -5.95. The number of halogens is 1. The number of unbranched alkanes of at least 4 members (excludes halogenated alkanes) is 1. The van der Waals surface area contributed by atoms with Crippen LogP contribution in [0.4, 0.5) is 0 Å². The zero-order chi connectivity index (χ0) is 12.5. The lowest BCUT2D eigenvalue weighted by Crippen LogP contribution is -2.68. The van der Waals surface area contributed by atoms with E-state index in [4.69, 9.17) is 29.5 Å². The minimum absolute atomic E-state index is 0.466. The molecular formula is C6H15ClN2O6. The van der Waals surface area contributed by atoms with Gasteiger partial charge in [-0.3, -0.25) is 0 Å². The Morgan fingerprint density at radius 1 is 1.33 bits per heavy atom. The van der Waals surface area contributed by atoms with Gasteiger partial charge in [0.1, 0.15) is 0 Å². The van der Waals surface area contributed by atoms with Crippen molar-refractivity contribution in [3.63, 3.8) is 0 Å². The summed E-state index contributed by atoms with van der Waals surface area (Å²) in [5.41, 5.74) is 8.69. The van der Waals surface area contributed by atoms with Gasteiger partial charge in [-0.15, -0.1) is 10.2 Å². The van der Waals surface area contributed by atoms with Gasteiger partial charge in [0.2, 0.25) is 0 Å². The van der Waals surface area contributed by atoms with Gasteiger partial charge in [0.15, 0.2) is 6.04 Å². The first-order valence-electron chi connectivity index (χ1n) is 4.06. The van der Waals surface area contributed by atoms with Crippen LogP contribution < -0.4 is 30.1 Å². The number of rotatable bonds is 5. The quantitative estimate of drug-likeness (QED) is 0.403. The fourth-order valence-electron chi connectivity index (χ4n) is 0.659. The van der Waals surface area contributed by atoms with Crippen molar-refractivity contribution in [2.45, 2.75) is 25.3 Å². The van der Waals surface area contributed by atoms with E-state index in [0.29, 0.717) is 13.0 Å². The highest BCUT2D eigenvalue weighted by Gasteiger charge is 2.13. The lowest BCUT2D eigenvalue weighted by atomic mass is 10.1. The SMILES string of the molecule is NCCCC[C@H]([NH3+])C(=O)O.[O-][Cl+3]([O-])([O-])[O-]. The summed E-state index contributed by atoms with van der Waals surface area (Å²) in [5, 5.41) is 8.39. The van der Waals surface area contributed by atoms with Crippen LogP contribution in [0.5, 0.6) is 0 Å². The molecule has 0 unspecified atom stereocenters. The third kappa shape index (κ3) is 24.7. The number of carbonyl (C=O) groups is 1. The standard InChI is InChI=1S/C6H14N2O2.ClHO4/c7-4-2-1-3-5(8)6(9)10;2-1(3,4)5/h5H,1-4,7-8H2,(H,9,10);(H,2,3,4,5)/t5-;/m0./s1. The molecule has 0 saturated heterocycles. The minimum Gasteiger partial charge on any atom is -0.477 e. The smallest absolute Gasteiger partial charge is 0.362 e. The Hall–Kier alpha value is -0.480. The van der Waals surface area contributed by atoms with Crippen LogP contribution in [0, 0.1) is 10.2 Å². The molecule has 92 valence electrons. The number of carboxylic acid groups (broad SMARTS) is 1. The highest BCUT2D eigenvalue weighted by Crippen LogP contribution is 1.95. The average Bonchev–Trinajstić information content (AvgIpc) is 2.01. The molecule has 0 bridgehead atoms. The van der Waals surface area contributed by atoms with Crippen molar-refractivity contribution in [3.8, 4) is 0 Å². The normalized spacial score (nSPS) is 12.7. The highest BCUT2D eigenvalue weighted by atomic mass is 35.7. The molecule has 0 aliphatic heterocycles. The van der Waals surface area contributed by atoms with E-state index in [0.717, 1.165) is 12.8 Å². The van der Waals surface area contributed by atoms with E-state index in [-0.39, 0.29) is 0 Å². The Morgan fingerprint density at radius 2 is 1.73 bits per heavy atom. The third-order valence-electron chi connectivity index (χ3n) is 1.36. The molecule has 0 aliphatic carbocycles. The topological polar surface area (TPSA) is 183 Å². The first-order chi connectivity index (χ1) is 6.68. The van der Waals surface area contributed by atoms with E-state index in [2.05, 4.69) is 5.73 Å². The monoisotopic (exact) mass is 246 g/mol. The molecule has 9 heteroatoms. The van der Waals surface area contributed by atoms with Gasteiger partial charge in [-0.05, 0) is 19.4 Å². The highest BCUT2D eigenvalue weighted by molar-refractivity contribution is 5.71. The molecule has 0 aliphatic rings. The van der Waals surface area contributed by atoms with Gasteiger partial charge in [-0.25, -0.2) is 23.4 Å². The van der Waals surface area contributed by atoms with Gasteiger partial charge < -0.3 is 16.6 Å². The Balaban J connectivity index is 0. The first kappa shape index (κ1) is 16.9. The van der Waals surface area contributed by atoms with E-state index in [9.17, 15) is 4.79 Å². The summed E-state index contributed by atoms with van der Waals surface area (Å²) in [6.45, 7) is 0.631.